The molecule has 0 spiro atoms. The minimum atomic E-state index is -4.38. The zero-order chi connectivity index (χ0) is 30.7. The number of hydrogen-bond donors (Lipinski definition) is 4. The van der Waals surface area contributed by atoms with E-state index in [2.05, 4.69) is 10.6 Å². The summed E-state index contributed by atoms with van der Waals surface area (Å²) in [6.45, 7) is -0.0426. The summed E-state index contributed by atoms with van der Waals surface area (Å²) in [6, 6.07) is 33.1. The van der Waals surface area contributed by atoms with Gasteiger partial charge in [-0.1, -0.05) is 121 Å². The summed E-state index contributed by atoms with van der Waals surface area (Å²) in [5.41, 5.74) is 2.18. The van der Waals surface area contributed by atoms with Crippen molar-refractivity contribution in [1.82, 2.24) is 10.6 Å². The summed E-state index contributed by atoms with van der Waals surface area (Å²) in [7, 11) is -4.38. The summed E-state index contributed by atoms with van der Waals surface area (Å²) < 4.78 is 19.4. The molecule has 43 heavy (non-hydrogen) atoms. The van der Waals surface area contributed by atoms with Gasteiger partial charge in [0, 0.05) is 6.16 Å². The second-order valence-electron chi connectivity index (χ2n) is 10.0. The molecule has 0 bridgehead atoms. The monoisotopic (exact) mass is 600 g/mol. The summed E-state index contributed by atoms with van der Waals surface area (Å²) in [6.07, 6.45) is -1.36. The van der Waals surface area contributed by atoms with E-state index >= 15 is 0 Å². The van der Waals surface area contributed by atoms with Crippen LogP contribution in [-0.2, 0) is 31.9 Å². The molecular weight excluding hydrogens is 567 g/mol. The second kappa shape index (κ2) is 15.0. The number of amides is 2. The number of nitrogens with one attached hydrogen (secondary N) is 2. The normalized spacial score (nSPS) is 14.3. The largest absolute Gasteiger partial charge is 0.479 e. The number of aliphatic carboxylic acids is 1. The molecule has 0 aliphatic heterocycles. The molecule has 4 atom stereocenters. The molecule has 0 heterocycles. The van der Waals surface area contributed by atoms with E-state index in [9.17, 15) is 28.9 Å². The third-order valence-electron chi connectivity index (χ3n) is 6.83. The molecule has 0 aromatic heterocycles. The average Bonchev–Trinajstić information content (AvgIpc) is 3.02. The van der Waals surface area contributed by atoms with E-state index in [4.69, 9.17) is 4.74 Å². The Hall–Kier alpha value is -4.72. The number of carbonyl (C=O) groups excluding carboxylic acids is 2. The Balaban J connectivity index is 1.59. The van der Waals surface area contributed by atoms with Crippen LogP contribution in [0, 0.1) is 5.92 Å². The first-order chi connectivity index (χ1) is 20.7. The van der Waals surface area contributed by atoms with Crippen molar-refractivity contribution in [1.29, 1.82) is 0 Å². The molecule has 0 aliphatic carbocycles. The fourth-order valence-electron chi connectivity index (χ4n) is 4.68. The van der Waals surface area contributed by atoms with Gasteiger partial charge in [-0.3, -0.25) is 9.36 Å². The van der Waals surface area contributed by atoms with Gasteiger partial charge in [-0.25, -0.2) is 9.59 Å². The Morgan fingerprint density at radius 3 is 1.72 bits per heavy atom. The van der Waals surface area contributed by atoms with Crippen molar-refractivity contribution in [3.63, 3.8) is 0 Å². The zero-order valence-corrected chi connectivity index (χ0v) is 24.2. The molecule has 9 nitrogen and oxygen atoms in total. The minimum Gasteiger partial charge on any atom is -0.479 e. The van der Waals surface area contributed by atoms with Crippen LogP contribution in [0.2, 0.25) is 0 Å². The van der Waals surface area contributed by atoms with Crippen LogP contribution in [0.5, 0.6) is 0 Å². The first kappa shape index (κ1) is 31.2. The van der Waals surface area contributed by atoms with Gasteiger partial charge in [0.25, 0.3) is 0 Å². The number of hydrogen-bond acceptors (Lipinski definition) is 5. The molecular formula is C33H33N2O7P. The number of rotatable bonds is 13. The number of alkyl carbamates (subject to hydrolysis) is 1. The van der Waals surface area contributed by atoms with Crippen LogP contribution in [0.15, 0.2) is 121 Å². The molecule has 4 N–H and O–H groups in total. The Labute approximate surface area is 250 Å². The Bertz CT molecular complexity index is 1540. The first-order valence-corrected chi connectivity index (χ1v) is 15.6. The molecule has 2 amide bonds. The van der Waals surface area contributed by atoms with Gasteiger partial charge in [0.05, 0.1) is 5.92 Å². The summed E-state index contributed by atoms with van der Waals surface area (Å²) >= 11 is 0. The van der Waals surface area contributed by atoms with Gasteiger partial charge in [0.1, 0.15) is 12.4 Å². The van der Waals surface area contributed by atoms with Gasteiger partial charge >= 0.3 is 12.1 Å². The topological polar surface area (TPSA) is 142 Å². The quantitative estimate of drug-likeness (QED) is 0.145. The third kappa shape index (κ3) is 9.13. The number of carboxylic acid groups (broad SMARTS) is 1. The van der Waals surface area contributed by atoms with Crippen LogP contribution in [0.4, 0.5) is 4.79 Å². The van der Waals surface area contributed by atoms with Crippen molar-refractivity contribution in [2.24, 2.45) is 5.92 Å². The van der Waals surface area contributed by atoms with Gasteiger partial charge in [0.15, 0.2) is 6.04 Å². The van der Waals surface area contributed by atoms with Crippen LogP contribution in [0.25, 0.3) is 0 Å². The predicted molar refractivity (Wildman–Crippen MR) is 162 cm³/mol. The number of benzene rings is 4. The molecule has 0 saturated carbocycles. The van der Waals surface area contributed by atoms with E-state index in [0.29, 0.717) is 11.1 Å². The number of carboxylic acids is 1. The summed E-state index contributed by atoms with van der Waals surface area (Å²) in [4.78, 5) is 50.1. The smallest absolute Gasteiger partial charge is 0.408 e. The van der Waals surface area contributed by atoms with Gasteiger partial charge in [0.2, 0.25) is 13.3 Å². The highest BCUT2D eigenvalue weighted by Gasteiger charge is 2.39. The van der Waals surface area contributed by atoms with Gasteiger partial charge in [-0.2, -0.15) is 0 Å². The lowest BCUT2D eigenvalue weighted by molar-refractivity contribution is -0.142. The minimum absolute atomic E-state index is 0.0426. The zero-order valence-electron chi connectivity index (χ0n) is 23.3. The van der Waals surface area contributed by atoms with E-state index in [-0.39, 0.29) is 13.0 Å². The molecule has 4 aromatic rings. The van der Waals surface area contributed by atoms with Crippen LogP contribution in [0.3, 0.4) is 0 Å². The lowest BCUT2D eigenvalue weighted by atomic mass is 9.99. The fourth-order valence-corrected chi connectivity index (χ4v) is 6.76. The van der Waals surface area contributed by atoms with Crippen LogP contribution in [0.1, 0.15) is 34.1 Å². The maximum Gasteiger partial charge on any atom is 0.408 e. The molecule has 222 valence electrons. The van der Waals surface area contributed by atoms with Crippen molar-refractivity contribution >= 4 is 25.3 Å². The van der Waals surface area contributed by atoms with Crippen LogP contribution in [-0.4, -0.2) is 34.1 Å². The molecule has 2 unspecified atom stereocenters. The standard InChI is InChI=1S/C33H33N2O7P/c36-30(34-29(32(37)38)26-17-9-3-10-18-26)28(21-24-13-5-1-6-14-24)23-43(40,41)31(27-19-11-4-12-20-27)35-33(39)42-22-25-15-7-2-8-16-25/h1-20,28-29,31H,21-23H2,(H,34,36)(H,35,39)(H,37,38)(H,40,41)/t28?,29-,31+/m0/s1. The Morgan fingerprint density at radius 1 is 0.698 bits per heavy atom. The molecule has 0 aliphatic rings. The van der Waals surface area contributed by atoms with Gasteiger partial charge < -0.3 is 25.4 Å². The van der Waals surface area contributed by atoms with Crippen molar-refractivity contribution in [2.75, 3.05) is 6.16 Å². The number of carbonyl (C=O) groups is 3. The van der Waals surface area contributed by atoms with Crippen LogP contribution >= 0.6 is 7.37 Å². The average molecular weight is 601 g/mol. The van der Waals surface area contributed by atoms with Gasteiger partial charge in [-0.15, -0.1) is 0 Å². The van der Waals surface area contributed by atoms with Crippen molar-refractivity contribution in [2.45, 2.75) is 24.9 Å². The summed E-state index contributed by atoms with van der Waals surface area (Å²) in [5, 5.41) is 15.0. The van der Waals surface area contributed by atoms with Crippen molar-refractivity contribution in [3.05, 3.63) is 144 Å². The highest BCUT2D eigenvalue weighted by atomic mass is 31.2. The van der Waals surface area contributed by atoms with Crippen LogP contribution < -0.4 is 10.6 Å². The van der Waals surface area contributed by atoms with E-state index < -0.39 is 49.2 Å². The van der Waals surface area contributed by atoms with E-state index in [1.807, 2.05) is 12.1 Å². The third-order valence-corrected chi connectivity index (χ3v) is 9.03. The molecule has 10 heteroatoms. The molecule has 4 aromatic carbocycles. The first-order valence-electron chi connectivity index (χ1n) is 13.7. The lowest BCUT2D eigenvalue weighted by Gasteiger charge is -2.28. The summed E-state index contributed by atoms with van der Waals surface area (Å²) in [5.74, 6) is -4.45. The number of ether oxygens (including phenoxy) is 1. The van der Waals surface area contributed by atoms with E-state index in [1.165, 1.54) is 0 Å². The lowest BCUT2D eigenvalue weighted by Crippen LogP contribution is -2.40. The maximum absolute atomic E-state index is 14.1. The highest BCUT2D eigenvalue weighted by molar-refractivity contribution is 7.58. The Morgan fingerprint density at radius 2 is 1.19 bits per heavy atom. The van der Waals surface area contributed by atoms with Crippen molar-refractivity contribution < 1.29 is 33.7 Å². The maximum atomic E-state index is 14.1. The van der Waals surface area contributed by atoms with Crippen molar-refractivity contribution in [3.8, 4) is 0 Å². The second-order valence-corrected chi connectivity index (χ2v) is 12.4. The van der Waals surface area contributed by atoms with E-state index in [1.54, 1.807) is 109 Å². The van der Waals surface area contributed by atoms with E-state index in [0.717, 1.165) is 11.1 Å². The molecule has 0 radical (unpaired) electrons. The Kier molecular flexibility index (Phi) is 10.9. The highest BCUT2D eigenvalue weighted by Crippen LogP contribution is 2.55. The molecule has 4 rings (SSSR count). The molecule has 0 saturated heterocycles. The predicted octanol–water partition coefficient (Wildman–Crippen LogP) is 5.68. The SMILES string of the molecule is O=C(N[C@@H](c1ccccc1)P(=O)(O)CC(Cc1ccccc1)C(=O)N[C@H](C(=O)O)c1ccccc1)OCc1ccccc1. The van der Waals surface area contributed by atoms with Gasteiger partial charge in [-0.05, 0) is 28.7 Å². The molecule has 0 fully saturated rings. The fraction of sp³-hybridized carbons (Fsp3) is 0.182.